The van der Waals surface area contributed by atoms with Crippen LogP contribution in [0.2, 0.25) is 5.15 Å². The molecule has 0 fully saturated rings. The Bertz CT molecular complexity index is 679. The average Bonchev–Trinajstić information content (AvgIpc) is 2.39. The van der Waals surface area contributed by atoms with Crippen molar-refractivity contribution in [3.63, 3.8) is 0 Å². The number of benzene rings is 1. The van der Waals surface area contributed by atoms with Crippen LogP contribution in [0.5, 0.6) is 0 Å². The number of rotatable bonds is 4. The van der Waals surface area contributed by atoms with Gasteiger partial charge < -0.3 is 0 Å². The zero-order valence-corrected chi connectivity index (χ0v) is 11.9. The third-order valence-electron chi connectivity index (χ3n) is 2.72. The highest BCUT2D eigenvalue weighted by atomic mass is 35.5. The van der Waals surface area contributed by atoms with E-state index in [4.69, 9.17) is 11.6 Å². The lowest BCUT2D eigenvalue weighted by molar-refractivity contribution is 0.682. The van der Waals surface area contributed by atoms with Crippen molar-refractivity contribution < 1.29 is 0 Å². The molecular weight excluding hydrogens is 284 g/mol. The summed E-state index contributed by atoms with van der Waals surface area (Å²) in [4.78, 5) is 26.6. The zero-order valence-electron chi connectivity index (χ0n) is 10.4. The molecule has 4 nitrogen and oxygen atoms in total. The molecule has 1 heterocycles. The minimum absolute atomic E-state index is 0.0848. The summed E-state index contributed by atoms with van der Waals surface area (Å²) in [5.41, 5.74) is 0.215. The Morgan fingerprint density at radius 1 is 1.26 bits per heavy atom. The van der Waals surface area contributed by atoms with Gasteiger partial charge in [0.2, 0.25) is 0 Å². The van der Waals surface area contributed by atoms with Gasteiger partial charge in [0.25, 0.3) is 5.56 Å². The first-order valence-corrected chi connectivity index (χ1v) is 7.49. The Kier molecular flexibility index (Phi) is 4.50. The number of nitrogens with zero attached hydrogens (tertiary/aromatic N) is 1. The van der Waals surface area contributed by atoms with Crippen LogP contribution in [0.4, 0.5) is 0 Å². The summed E-state index contributed by atoms with van der Waals surface area (Å²) >= 11 is 7.58. The molecule has 0 amide bonds. The molecule has 2 aromatic rings. The van der Waals surface area contributed by atoms with Crippen molar-refractivity contribution >= 4 is 23.4 Å². The molecule has 0 saturated heterocycles. The highest BCUT2D eigenvalue weighted by molar-refractivity contribution is 7.98. The Morgan fingerprint density at radius 3 is 2.58 bits per heavy atom. The molecular formula is C13H13ClN2O2S. The Labute approximate surface area is 119 Å². The van der Waals surface area contributed by atoms with Crippen LogP contribution in [0.1, 0.15) is 0 Å². The molecule has 1 aromatic carbocycles. The first kappa shape index (κ1) is 14.0. The number of aromatic amines is 1. The van der Waals surface area contributed by atoms with Crippen LogP contribution in [-0.4, -0.2) is 21.6 Å². The van der Waals surface area contributed by atoms with Crippen LogP contribution in [0.15, 0.2) is 39.9 Å². The van der Waals surface area contributed by atoms with E-state index in [9.17, 15) is 9.59 Å². The molecule has 0 radical (unpaired) electrons. The third kappa shape index (κ3) is 2.93. The van der Waals surface area contributed by atoms with E-state index >= 15 is 0 Å². The van der Waals surface area contributed by atoms with E-state index in [1.165, 1.54) is 4.57 Å². The fraction of sp³-hybridized carbons (Fsp3) is 0.231. The topological polar surface area (TPSA) is 54.9 Å². The normalized spacial score (nSPS) is 10.6. The summed E-state index contributed by atoms with van der Waals surface area (Å²) in [7, 11) is 0. The van der Waals surface area contributed by atoms with Crippen molar-refractivity contribution in [1.29, 1.82) is 0 Å². The predicted molar refractivity (Wildman–Crippen MR) is 80.2 cm³/mol. The number of H-pyrrole nitrogens is 1. The van der Waals surface area contributed by atoms with E-state index in [-0.39, 0.29) is 10.7 Å². The molecule has 0 spiro atoms. The van der Waals surface area contributed by atoms with Crippen molar-refractivity contribution in [2.75, 3.05) is 12.0 Å². The lowest BCUT2D eigenvalue weighted by Crippen LogP contribution is -2.36. The summed E-state index contributed by atoms with van der Waals surface area (Å²) in [5.74, 6) is 0.693. The second-order valence-corrected chi connectivity index (χ2v) is 5.30. The van der Waals surface area contributed by atoms with Crippen molar-refractivity contribution in [1.82, 2.24) is 9.55 Å². The fourth-order valence-electron chi connectivity index (χ4n) is 1.79. The van der Waals surface area contributed by atoms with Crippen LogP contribution in [0.25, 0.3) is 11.1 Å². The summed E-state index contributed by atoms with van der Waals surface area (Å²) in [5, 5.41) is 0.0848. The third-order valence-corrected chi connectivity index (χ3v) is 3.60. The summed E-state index contributed by atoms with van der Waals surface area (Å²) in [6, 6.07) is 9.08. The van der Waals surface area contributed by atoms with Gasteiger partial charge in [-0.05, 0) is 11.8 Å². The largest absolute Gasteiger partial charge is 0.329 e. The highest BCUT2D eigenvalue weighted by Crippen LogP contribution is 2.20. The van der Waals surface area contributed by atoms with E-state index < -0.39 is 5.69 Å². The number of hydrogen-bond acceptors (Lipinski definition) is 3. The molecule has 2 rings (SSSR count). The molecule has 0 bridgehead atoms. The lowest BCUT2D eigenvalue weighted by atomic mass is 10.1. The number of nitrogens with one attached hydrogen (secondary N) is 1. The smallest absolute Gasteiger partial charge is 0.297 e. The van der Waals surface area contributed by atoms with Gasteiger partial charge in [0.15, 0.2) is 0 Å². The predicted octanol–water partition coefficient (Wildman–Crippen LogP) is 2.22. The first-order chi connectivity index (χ1) is 9.15. The van der Waals surface area contributed by atoms with Crippen LogP contribution < -0.4 is 11.2 Å². The monoisotopic (exact) mass is 296 g/mol. The minimum atomic E-state index is -0.469. The standard InChI is InChI=1S/C13H13ClN2O2S/c1-19-8-7-16-12(17)10(11(14)15-13(16)18)9-5-3-2-4-6-9/h2-6H,7-8H2,1H3,(H,15,18). The minimum Gasteiger partial charge on any atom is -0.297 e. The Hall–Kier alpha value is -1.46. The van der Waals surface area contributed by atoms with Crippen molar-refractivity contribution in [2.45, 2.75) is 6.54 Å². The number of hydrogen-bond donors (Lipinski definition) is 1. The maximum Gasteiger partial charge on any atom is 0.329 e. The fourth-order valence-corrected chi connectivity index (χ4v) is 2.42. The van der Waals surface area contributed by atoms with E-state index in [1.807, 2.05) is 24.5 Å². The Balaban J connectivity index is 2.62. The second-order valence-electron chi connectivity index (χ2n) is 3.93. The van der Waals surface area contributed by atoms with Crippen LogP contribution in [0.3, 0.4) is 0 Å². The SMILES string of the molecule is CSCCn1c(=O)[nH]c(Cl)c(-c2ccccc2)c1=O. The molecule has 0 unspecified atom stereocenters. The molecule has 0 atom stereocenters. The molecule has 19 heavy (non-hydrogen) atoms. The summed E-state index contributed by atoms with van der Waals surface area (Å²) in [6.45, 7) is 0.367. The maximum atomic E-state index is 12.4. The van der Waals surface area contributed by atoms with Gasteiger partial charge in [-0.3, -0.25) is 14.3 Å². The summed E-state index contributed by atoms with van der Waals surface area (Å²) in [6.07, 6.45) is 1.92. The van der Waals surface area contributed by atoms with E-state index in [1.54, 1.807) is 23.9 Å². The van der Waals surface area contributed by atoms with Crippen molar-refractivity contribution in [3.8, 4) is 11.1 Å². The molecule has 0 aliphatic heterocycles. The molecule has 0 saturated carbocycles. The van der Waals surface area contributed by atoms with Gasteiger partial charge in [-0.1, -0.05) is 41.9 Å². The Morgan fingerprint density at radius 2 is 1.95 bits per heavy atom. The molecule has 6 heteroatoms. The molecule has 0 aliphatic carbocycles. The second kappa shape index (κ2) is 6.12. The van der Waals surface area contributed by atoms with E-state index in [0.29, 0.717) is 23.4 Å². The summed E-state index contributed by atoms with van der Waals surface area (Å²) < 4.78 is 1.19. The van der Waals surface area contributed by atoms with Gasteiger partial charge in [0, 0.05) is 12.3 Å². The van der Waals surface area contributed by atoms with Gasteiger partial charge in [-0.2, -0.15) is 11.8 Å². The van der Waals surface area contributed by atoms with E-state index in [0.717, 1.165) is 0 Å². The van der Waals surface area contributed by atoms with Gasteiger partial charge in [-0.15, -0.1) is 0 Å². The van der Waals surface area contributed by atoms with Crippen LogP contribution in [0, 0.1) is 0 Å². The molecule has 100 valence electrons. The van der Waals surface area contributed by atoms with Crippen LogP contribution >= 0.6 is 23.4 Å². The maximum absolute atomic E-state index is 12.4. The number of thioether (sulfide) groups is 1. The average molecular weight is 297 g/mol. The van der Waals surface area contributed by atoms with E-state index in [2.05, 4.69) is 4.98 Å². The number of aromatic nitrogens is 2. The van der Waals surface area contributed by atoms with Crippen LogP contribution in [-0.2, 0) is 6.54 Å². The van der Waals surface area contributed by atoms with Gasteiger partial charge in [-0.25, -0.2) is 4.79 Å². The first-order valence-electron chi connectivity index (χ1n) is 5.72. The van der Waals surface area contributed by atoms with Crippen molar-refractivity contribution in [3.05, 3.63) is 56.3 Å². The quantitative estimate of drug-likeness (QED) is 0.880. The molecule has 1 aromatic heterocycles. The highest BCUT2D eigenvalue weighted by Gasteiger charge is 2.13. The van der Waals surface area contributed by atoms with Crippen molar-refractivity contribution in [2.24, 2.45) is 0 Å². The van der Waals surface area contributed by atoms with Gasteiger partial charge in [0.05, 0.1) is 5.56 Å². The zero-order chi connectivity index (χ0) is 13.8. The molecule has 0 aliphatic rings. The van der Waals surface area contributed by atoms with Gasteiger partial charge in [0.1, 0.15) is 5.15 Å². The molecule has 1 N–H and O–H groups in total. The lowest BCUT2D eigenvalue weighted by Gasteiger charge is -2.08. The van der Waals surface area contributed by atoms with Gasteiger partial charge >= 0.3 is 5.69 Å². The number of halogens is 1.